The van der Waals surface area contributed by atoms with Crippen molar-refractivity contribution < 1.29 is 0 Å². The average Bonchev–Trinajstić information content (AvgIpc) is 1.98. The average molecular weight is 237 g/mol. The maximum atomic E-state index is 5.61. The molecule has 0 aliphatic rings. The molecule has 1 rings (SSSR count). The molecule has 1 aromatic rings. The molecular weight excluding hydrogens is 229 g/mol. The van der Waals surface area contributed by atoms with Gasteiger partial charge in [0.1, 0.15) is 3.70 Å². The van der Waals surface area contributed by atoms with E-state index in [-0.39, 0.29) is 0 Å². The Morgan fingerprint density at radius 2 is 2.22 bits per heavy atom. The molecule has 0 radical (unpaired) electrons. The monoisotopic (exact) mass is 237 g/mol. The van der Waals surface area contributed by atoms with Gasteiger partial charge in [0, 0.05) is 7.05 Å². The Balaban J connectivity index is 3.29. The van der Waals surface area contributed by atoms with Crippen molar-refractivity contribution in [2.75, 3.05) is 5.73 Å². The van der Waals surface area contributed by atoms with Crippen molar-refractivity contribution in [2.24, 2.45) is 7.05 Å². The molecule has 0 spiro atoms. The number of anilines is 1. The van der Waals surface area contributed by atoms with Crippen molar-refractivity contribution in [3.63, 3.8) is 0 Å². The Morgan fingerprint density at radius 3 is 2.33 bits per heavy atom. The number of aryl methyl sites for hydroxylation is 2. The molecule has 0 aromatic carbocycles. The van der Waals surface area contributed by atoms with Crippen LogP contribution in [0.5, 0.6) is 0 Å². The summed E-state index contributed by atoms with van der Waals surface area (Å²) in [5, 5.41) is 4.09. The highest BCUT2D eigenvalue weighted by Crippen LogP contribution is 2.16. The molecule has 0 atom stereocenters. The molecule has 0 aliphatic heterocycles. The number of halogens is 1. The predicted molar refractivity (Wildman–Crippen MR) is 45.1 cm³/mol. The van der Waals surface area contributed by atoms with Crippen LogP contribution >= 0.6 is 22.6 Å². The third-order valence-electron chi connectivity index (χ3n) is 1.20. The van der Waals surface area contributed by atoms with Gasteiger partial charge in [0.2, 0.25) is 0 Å². The fraction of sp³-hybridized carbons (Fsp3) is 0.400. The van der Waals surface area contributed by atoms with Crippen LogP contribution in [0.15, 0.2) is 0 Å². The lowest BCUT2D eigenvalue weighted by Crippen LogP contribution is -1.93. The molecule has 3 nitrogen and oxygen atoms in total. The van der Waals surface area contributed by atoms with Gasteiger partial charge in [-0.15, -0.1) is 0 Å². The first kappa shape index (κ1) is 6.85. The van der Waals surface area contributed by atoms with Gasteiger partial charge in [-0.2, -0.15) is 5.10 Å². The molecule has 0 saturated heterocycles. The van der Waals surface area contributed by atoms with E-state index in [0.717, 1.165) is 15.1 Å². The largest absolute Gasteiger partial charge is 0.395 e. The number of aromatic nitrogens is 2. The van der Waals surface area contributed by atoms with Crippen LogP contribution in [0.1, 0.15) is 5.69 Å². The molecular formula is C5H8IN3. The number of nitrogen functional groups attached to an aromatic ring is 1. The summed E-state index contributed by atoms with van der Waals surface area (Å²) in [5.74, 6) is 0. The normalized spacial score (nSPS) is 10.1. The Morgan fingerprint density at radius 1 is 1.67 bits per heavy atom. The second kappa shape index (κ2) is 2.17. The molecule has 1 heterocycles. The van der Waals surface area contributed by atoms with Gasteiger partial charge in [-0.25, -0.2) is 0 Å². The lowest BCUT2D eigenvalue weighted by atomic mass is 10.4. The summed E-state index contributed by atoms with van der Waals surface area (Å²) >= 11 is 2.17. The summed E-state index contributed by atoms with van der Waals surface area (Å²) in [6.07, 6.45) is 0. The highest BCUT2D eigenvalue weighted by atomic mass is 127. The first-order valence-electron chi connectivity index (χ1n) is 2.57. The smallest absolute Gasteiger partial charge is 0.122 e. The minimum atomic E-state index is 0.790. The number of hydrogen-bond acceptors (Lipinski definition) is 2. The Hall–Kier alpha value is -0.260. The van der Waals surface area contributed by atoms with Gasteiger partial charge in [0.15, 0.2) is 0 Å². The molecule has 4 heteroatoms. The number of nitrogens with zero attached hydrogens (tertiary/aromatic N) is 2. The van der Waals surface area contributed by atoms with Crippen molar-refractivity contribution >= 4 is 28.3 Å². The summed E-state index contributed by atoms with van der Waals surface area (Å²) in [7, 11) is 1.88. The van der Waals surface area contributed by atoms with Crippen LogP contribution < -0.4 is 5.73 Å². The van der Waals surface area contributed by atoms with Gasteiger partial charge >= 0.3 is 0 Å². The predicted octanol–water partition coefficient (Wildman–Crippen LogP) is 0.915. The second-order valence-electron chi connectivity index (χ2n) is 1.91. The lowest BCUT2D eigenvalue weighted by molar-refractivity contribution is 0.738. The summed E-state index contributed by atoms with van der Waals surface area (Å²) in [6.45, 7) is 1.90. The minimum absolute atomic E-state index is 0.790. The molecule has 0 amide bonds. The summed E-state index contributed by atoms with van der Waals surface area (Å²) in [4.78, 5) is 0. The standard InChI is InChI=1S/C5H8IN3/c1-3-4(7)5(6)9(2)8-3/h7H2,1-2H3. The third kappa shape index (κ3) is 1.03. The Kier molecular flexibility index (Phi) is 1.65. The van der Waals surface area contributed by atoms with Gasteiger partial charge < -0.3 is 5.73 Å². The molecule has 0 aliphatic carbocycles. The molecule has 0 saturated carbocycles. The van der Waals surface area contributed by atoms with E-state index in [2.05, 4.69) is 27.7 Å². The Bertz CT molecular complexity index is 206. The van der Waals surface area contributed by atoms with Crippen molar-refractivity contribution in [3.8, 4) is 0 Å². The van der Waals surface area contributed by atoms with Crippen LogP contribution in [-0.2, 0) is 7.05 Å². The molecule has 0 bridgehead atoms. The van der Waals surface area contributed by atoms with Crippen LogP contribution in [-0.4, -0.2) is 9.78 Å². The highest BCUT2D eigenvalue weighted by Gasteiger charge is 2.04. The molecule has 2 N–H and O–H groups in total. The molecule has 1 aromatic heterocycles. The lowest BCUT2D eigenvalue weighted by Gasteiger charge is -1.88. The zero-order chi connectivity index (χ0) is 7.02. The van der Waals surface area contributed by atoms with Gasteiger partial charge in [0.25, 0.3) is 0 Å². The van der Waals surface area contributed by atoms with Gasteiger partial charge in [0.05, 0.1) is 11.4 Å². The molecule has 0 fully saturated rings. The topological polar surface area (TPSA) is 43.8 Å². The van der Waals surface area contributed by atoms with Gasteiger partial charge in [-0.3, -0.25) is 4.68 Å². The van der Waals surface area contributed by atoms with Crippen LogP contribution in [0.3, 0.4) is 0 Å². The first-order chi connectivity index (χ1) is 4.13. The minimum Gasteiger partial charge on any atom is -0.395 e. The highest BCUT2D eigenvalue weighted by molar-refractivity contribution is 14.1. The summed E-state index contributed by atoms with van der Waals surface area (Å²) in [5.41, 5.74) is 7.31. The second-order valence-corrected chi connectivity index (χ2v) is 2.94. The van der Waals surface area contributed by atoms with Crippen LogP contribution in [0.4, 0.5) is 5.69 Å². The van der Waals surface area contributed by atoms with Crippen LogP contribution in [0, 0.1) is 10.6 Å². The third-order valence-corrected chi connectivity index (χ3v) is 2.48. The molecule has 9 heavy (non-hydrogen) atoms. The SMILES string of the molecule is Cc1nn(C)c(I)c1N. The number of rotatable bonds is 0. The maximum absolute atomic E-state index is 5.61. The number of nitrogens with two attached hydrogens (primary N) is 1. The molecule has 50 valence electrons. The van der Waals surface area contributed by atoms with E-state index in [0.29, 0.717) is 0 Å². The van der Waals surface area contributed by atoms with E-state index in [9.17, 15) is 0 Å². The summed E-state index contributed by atoms with van der Waals surface area (Å²) < 4.78 is 2.77. The zero-order valence-electron chi connectivity index (χ0n) is 5.35. The quantitative estimate of drug-likeness (QED) is 0.681. The van der Waals surface area contributed by atoms with E-state index in [1.165, 1.54) is 0 Å². The van der Waals surface area contributed by atoms with Gasteiger partial charge in [-0.1, -0.05) is 0 Å². The van der Waals surface area contributed by atoms with E-state index >= 15 is 0 Å². The fourth-order valence-corrected chi connectivity index (χ4v) is 1.14. The van der Waals surface area contributed by atoms with Crippen molar-refractivity contribution in [1.82, 2.24) is 9.78 Å². The maximum Gasteiger partial charge on any atom is 0.122 e. The van der Waals surface area contributed by atoms with E-state index in [1.54, 1.807) is 4.68 Å². The van der Waals surface area contributed by atoms with Crippen molar-refractivity contribution in [3.05, 3.63) is 9.39 Å². The van der Waals surface area contributed by atoms with E-state index in [1.807, 2.05) is 14.0 Å². The number of hydrogen-bond donors (Lipinski definition) is 1. The van der Waals surface area contributed by atoms with Crippen molar-refractivity contribution in [1.29, 1.82) is 0 Å². The molecule has 0 unspecified atom stereocenters. The van der Waals surface area contributed by atoms with Crippen LogP contribution in [0.25, 0.3) is 0 Å². The van der Waals surface area contributed by atoms with Gasteiger partial charge in [-0.05, 0) is 29.5 Å². The van der Waals surface area contributed by atoms with Crippen LogP contribution in [0.2, 0.25) is 0 Å². The zero-order valence-corrected chi connectivity index (χ0v) is 7.51. The fourth-order valence-electron chi connectivity index (χ4n) is 0.646. The van der Waals surface area contributed by atoms with E-state index < -0.39 is 0 Å². The Labute approximate surface area is 67.4 Å². The van der Waals surface area contributed by atoms with Crippen molar-refractivity contribution in [2.45, 2.75) is 6.92 Å². The van der Waals surface area contributed by atoms with E-state index in [4.69, 9.17) is 5.73 Å². The summed E-state index contributed by atoms with van der Waals surface area (Å²) in [6, 6.07) is 0. The first-order valence-corrected chi connectivity index (χ1v) is 3.65.